The highest BCUT2D eigenvalue weighted by atomic mass is 19.1. The molecular weight excluding hydrogens is 371 g/mol. The first-order valence-electron chi connectivity index (χ1n) is 9.91. The Kier molecular flexibility index (Phi) is 7.49. The van der Waals surface area contributed by atoms with Gasteiger partial charge >= 0.3 is 0 Å². The first-order chi connectivity index (χ1) is 14.1. The summed E-state index contributed by atoms with van der Waals surface area (Å²) >= 11 is 0. The number of nitrogens with zero attached hydrogens (tertiary/aromatic N) is 2. The quantitative estimate of drug-likeness (QED) is 0.656. The molecule has 1 heterocycles. The summed E-state index contributed by atoms with van der Waals surface area (Å²) in [5.74, 6) is 1.31. The first kappa shape index (κ1) is 21.1. The number of piperazine rings is 1. The van der Waals surface area contributed by atoms with Gasteiger partial charge in [0.25, 0.3) is 0 Å². The number of β-amino-alcohol motifs (C(OH)–C–C–N with tert-alkyl or cyclic N) is 1. The number of anilines is 1. The van der Waals surface area contributed by atoms with Gasteiger partial charge in [-0.25, -0.2) is 4.39 Å². The average Bonchev–Trinajstić information content (AvgIpc) is 2.74. The monoisotopic (exact) mass is 400 g/mol. The molecule has 0 saturated carbocycles. The standard InChI is InChI=1S/C23H29FN2O3/c1-3-6-18-15-20(28-2)9-10-23(18)29-17-19(27)16-25-11-13-26(14-12-25)22-8-5-4-7-21(22)24/h3-5,7-10,15,19,27H,1,6,11-14,16-17H2,2H3. The molecule has 0 bridgehead atoms. The molecule has 1 saturated heterocycles. The number of aliphatic hydroxyl groups is 1. The molecule has 1 atom stereocenters. The summed E-state index contributed by atoms with van der Waals surface area (Å²) in [5.41, 5.74) is 1.62. The van der Waals surface area contributed by atoms with Crippen LogP contribution in [0, 0.1) is 5.82 Å². The van der Waals surface area contributed by atoms with Gasteiger partial charge in [-0.2, -0.15) is 0 Å². The number of halogens is 1. The number of benzene rings is 2. The lowest BCUT2D eigenvalue weighted by Gasteiger charge is -2.37. The molecule has 3 rings (SSSR count). The number of rotatable bonds is 9. The van der Waals surface area contributed by atoms with Crippen molar-refractivity contribution < 1.29 is 19.0 Å². The Morgan fingerprint density at radius 1 is 1.17 bits per heavy atom. The fraction of sp³-hybridized carbons (Fsp3) is 0.391. The SMILES string of the molecule is C=CCc1cc(OC)ccc1OCC(O)CN1CCN(c2ccccc2F)CC1. The predicted octanol–water partition coefficient (Wildman–Crippen LogP) is 3.12. The second kappa shape index (κ2) is 10.3. The Morgan fingerprint density at radius 2 is 1.93 bits per heavy atom. The van der Waals surface area contributed by atoms with Crippen molar-refractivity contribution >= 4 is 5.69 Å². The highest BCUT2D eigenvalue weighted by molar-refractivity contribution is 5.48. The number of allylic oxidation sites excluding steroid dienone is 1. The van der Waals surface area contributed by atoms with Crippen LogP contribution in [0.1, 0.15) is 5.56 Å². The third kappa shape index (κ3) is 5.71. The summed E-state index contributed by atoms with van der Waals surface area (Å²) < 4.78 is 25.1. The molecule has 0 aromatic heterocycles. The van der Waals surface area contributed by atoms with E-state index in [9.17, 15) is 9.50 Å². The molecule has 6 heteroatoms. The van der Waals surface area contributed by atoms with E-state index in [1.54, 1.807) is 13.2 Å². The van der Waals surface area contributed by atoms with E-state index in [4.69, 9.17) is 9.47 Å². The predicted molar refractivity (Wildman–Crippen MR) is 113 cm³/mol. The molecular formula is C23H29FN2O3. The fourth-order valence-corrected chi connectivity index (χ4v) is 3.55. The molecule has 1 aliphatic rings. The van der Waals surface area contributed by atoms with Gasteiger partial charge in [-0.1, -0.05) is 18.2 Å². The second-order valence-corrected chi connectivity index (χ2v) is 7.17. The van der Waals surface area contributed by atoms with E-state index in [0.29, 0.717) is 18.7 Å². The summed E-state index contributed by atoms with van der Waals surface area (Å²) in [6.45, 7) is 7.53. The minimum atomic E-state index is -0.603. The van der Waals surface area contributed by atoms with Crippen LogP contribution >= 0.6 is 0 Å². The summed E-state index contributed by atoms with van der Waals surface area (Å²) in [5, 5.41) is 10.4. The summed E-state index contributed by atoms with van der Waals surface area (Å²) in [4.78, 5) is 4.23. The van der Waals surface area contributed by atoms with E-state index in [2.05, 4.69) is 11.5 Å². The molecule has 156 valence electrons. The number of aliphatic hydroxyl groups excluding tert-OH is 1. The van der Waals surface area contributed by atoms with Crippen LogP contribution in [0.2, 0.25) is 0 Å². The summed E-state index contributed by atoms with van der Waals surface area (Å²) in [7, 11) is 1.63. The molecule has 1 fully saturated rings. The summed E-state index contributed by atoms with van der Waals surface area (Å²) in [6.07, 6.45) is 1.88. The van der Waals surface area contributed by atoms with E-state index in [1.807, 2.05) is 41.3 Å². The zero-order valence-corrected chi connectivity index (χ0v) is 16.9. The molecule has 0 amide bonds. The van der Waals surface area contributed by atoms with E-state index in [-0.39, 0.29) is 12.4 Å². The number of para-hydroxylation sites is 1. The maximum absolute atomic E-state index is 14.0. The van der Waals surface area contributed by atoms with Crippen molar-refractivity contribution in [3.05, 3.63) is 66.5 Å². The first-order valence-corrected chi connectivity index (χ1v) is 9.91. The van der Waals surface area contributed by atoms with Gasteiger partial charge in [-0.15, -0.1) is 6.58 Å². The van der Waals surface area contributed by atoms with Crippen molar-refractivity contribution in [2.45, 2.75) is 12.5 Å². The van der Waals surface area contributed by atoms with Crippen LogP contribution < -0.4 is 14.4 Å². The molecule has 0 aliphatic carbocycles. The molecule has 29 heavy (non-hydrogen) atoms. The van der Waals surface area contributed by atoms with E-state index < -0.39 is 6.10 Å². The third-order valence-corrected chi connectivity index (χ3v) is 5.10. The van der Waals surface area contributed by atoms with Crippen LogP contribution in [0.3, 0.4) is 0 Å². The highest BCUT2D eigenvalue weighted by Crippen LogP contribution is 2.25. The second-order valence-electron chi connectivity index (χ2n) is 7.17. The van der Waals surface area contributed by atoms with Crippen LogP contribution in [0.4, 0.5) is 10.1 Å². The Hall–Kier alpha value is -2.57. The third-order valence-electron chi connectivity index (χ3n) is 5.10. The van der Waals surface area contributed by atoms with Gasteiger partial charge in [0.15, 0.2) is 0 Å². The van der Waals surface area contributed by atoms with Gasteiger partial charge in [-0.3, -0.25) is 4.90 Å². The molecule has 0 spiro atoms. The normalized spacial score (nSPS) is 15.8. The molecule has 1 aliphatic heterocycles. The van der Waals surface area contributed by atoms with Crippen molar-refractivity contribution in [1.29, 1.82) is 0 Å². The number of hydrogen-bond donors (Lipinski definition) is 1. The zero-order valence-electron chi connectivity index (χ0n) is 16.9. The van der Waals surface area contributed by atoms with Crippen molar-refractivity contribution in [3.8, 4) is 11.5 Å². The van der Waals surface area contributed by atoms with Gasteiger partial charge in [0.1, 0.15) is 30.0 Å². The highest BCUT2D eigenvalue weighted by Gasteiger charge is 2.21. The molecule has 1 N–H and O–H groups in total. The van der Waals surface area contributed by atoms with Crippen molar-refractivity contribution in [3.63, 3.8) is 0 Å². The van der Waals surface area contributed by atoms with Crippen LogP contribution in [0.5, 0.6) is 11.5 Å². The average molecular weight is 400 g/mol. The Balaban J connectivity index is 1.48. The van der Waals surface area contributed by atoms with Crippen LogP contribution in [0.25, 0.3) is 0 Å². The van der Waals surface area contributed by atoms with E-state index in [0.717, 1.165) is 43.2 Å². The smallest absolute Gasteiger partial charge is 0.146 e. The maximum atomic E-state index is 14.0. The lowest BCUT2D eigenvalue weighted by Crippen LogP contribution is -2.49. The van der Waals surface area contributed by atoms with Gasteiger partial charge in [0.2, 0.25) is 0 Å². The Morgan fingerprint density at radius 3 is 2.62 bits per heavy atom. The lowest BCUT2D eigenvalue weighted by atomic mass is 10.1. The largest absolute Gasteiger partial charge is 0.497 e. The fourth-order valence-electron chi connectivity index (χ4n) is 3.55. The van der Waals surface area contributed by atoms with E-state index in [1.165, 1.54) is 6.07 Å². The number of methoxy groups -OCH3 is 1. The minimum absolute atomic E-state index is 0.191. The van der Waals surface area contributed by atoms with Gasteiger partial charge in [0.05, 0.1) is 12.8 Å². The van der Waals surface area contributed by atoms with E-state index >= 15 is 0 Å². The summed E-state index contributed by atoms with van der Waals surface area (Å²) in [6, 6.07) is 12.5. The van der Waals surface area contributed by atoms with Crippen molar-refractivity contribution in [2.75, 3.05) is 51.3 Å². The van der Waals surface area contributed by atoms with Crippen molar-refractivity contribution in [1.82, 2.24) is 4.90 Å². The van der Waals surface area contributed by atoms with Crippen molar-refractivity contribution in [2.24, 2.45) is 0 Å². The Bertz CT molecular complexity index is 806. The Labute approximate surface area is 172 Å². The molecule has 1 unspecified atom stereocenters. The number of hydrogen-bond acceptors (Lipinski definition) is 5. The molecule has 0 radical (unpaired) electrons. The molecule has 2 aromatic carbocycles. The topological polar surface area (TPSA) is 45.2 Å². The number of ether oxygens (including phenoxy) is 2. The minimum Gasteiger partial charge on any atom is -0.497 e. The van der Waals surface area contributed by atoms with Gasteiger partial charge in [-0.05, 0) is 36.8 Å². The van der Waals surface area contributed by atoms with Gasteiger partial charge < -0.3 is 19.5 Å². The van der Waals surface area contributed by atoms with Crippen LogP contribution in [-0.4, -0.2) is 62.6 Å². The van der Waals surface area contributed by atoms with Crippen LogP contribution in [0.15, 0.2) is 55.1 Å². The van der Waals surface area contributed by atoms with Gasteiger partial charge in [0, 0.05) is 38.3 Å². The van der Waals surface area contributed by atoms with Crippen LogP contribution in [-0.2, 0) is 6.42 Å². The molecule has 2 aromatic rings. The lowest BCUT2D eigenvalue weighted by molar-refractivity contribution is 0.0659. The molecule has 5 nitrogen and oxygen atoms in total. The zero-order chi connectivity index (χ0) is 20.6. The maximum Gasteiger partial charge on any atom is 0.146 e.